The van der Waals surface area contributed by atoms with Crippen molar-refractivity contribution in [2.45, 2.75) is 69.5 Å². The molecule has 6 unspecified atom stereocenters. The summed E-state index contributed by atoms with van der Waals surface area (Å²) in [5, 5.41) is 21.2. The second-order valence-electron chi connectivity index (χ2n) is 6.85. The van der Waals surface area contributed by atoms with Gasteiger partial charge in [0.05, 0.1) is 23.9 Å². The van der Waals surface area contributed by atoms with E-state index in [2.05, 4.69) is 32.6 Å². The second kappa shape index (κ2) is 6.20. The molecule has 0 spiro atoms. The summed E-state index contributed by atoms with van der Waals surface area (Å²) in [5.74, 6) is 0.0743. The molecule has 6 atom stereocenters. The van der Waals surface area contributed by atoms with Crippen LogP contribution in [0.5, 0.6) is 0 Å². The standard InChI is InChI=1S/C16H28O4S/c1-10(2)5-6-12-15(3,20-12)14-13(19-4)11(17)7-8-16(14,18)9-21/h5,11-14,17-18,21H,6-9H2,1-4H3. The van der Waals surface area contributed by atoms with E-state index in [-0.39, 0.29) is 12.0 Å². The van der Waals surface area contributed by atoms with Crippen LogP contribution in [0.3, 0.4) is 0 Å². The summed E-state index contributed by atoms with van der Waals surface area (Å²) in [6, 6.07) is 0. The number of epoxide rings is 1. The van der Waals surface area contributed by atoms with E-state index in [4.69, 9.17) is 9.47 Å². The molecule has 4 nitrogen and oxygen atoms in total. The van der Waals surface area contributed by atoms with E-state index in [9.17, 15) is 10.2 Å². The van der Waals surface area contributed by atoms with Crippen molar-refractivity contribution in [2.24, 2.45) is 5.92 Å². The van der Waals surface area contributed by atoms with Crippen LogP contribution in [-0.2, 0) is 9.47 Å². The molecule has 2 rings (SSSR count). The van der Waals surface area contributed by atoms with E-state index >= 15 is 0 Å². The Bertz CT molecular complexity index is 409. The number of allylic oxidation sites excluding steroid dienone is 1. The Morgan fingerprint density at radius 1 is 1.48 bits per heavy atom. The Hall–Kier alpha value is -0.0700. The monoisotopic (exact) mass is 316 g/mol. The molecule has 1 aliphatic heterocycles. The van der Waals surface area contributed by atoms with E-state index in [1.165, 1.54) is 5.57 Å². The minimum absolute atomic E-state index is 0.0618. The molecule has 2 aliphatic rings. The second-order valence-corrected chi connectivity index (χ2v) is 7.17. The number of ether oxygens (including phenoxy) is 2. The largest absolute Gasteiger partial charge is 0.390 e. The van der Waals surface area contributed by atoms with Crippen LogP contribution < -0.4 is 0 Å². The summed E-state index contributed by atoms with van der Waals surface area (Å²) in [4.78, 5) is 0. The Balaban J connectivity index is 2.22. The first-order valence-electron chi connectivity index (χ1n) is 7.64. The lowest BCUT2D eigenvalue weighted by atomic mass is 9.66. The maximum Gasteiger partial charge on any atom is 0.100 e. The van der Waals surface area contributed by atoms with Crippen LogP contribution >= 0.6 is 12.6 Å². The number of hydrogen-bond acceptors (Lipinski definition) is 5. The fourth-order valence-electron chi connectivity index (χ4n) is 3.75. The van der Waals surface area contributed by atoms with Crippen molar-refractivity contribution in [3.8, 4) is 0 Å². The predicted molar refractivity (Wildman–Crippen MR) is 85.7 cm³/mol. The third-order valence-electron chi connectivity index (χ3n) is 5.04. The maximum atomic E-state index is 11.0. The highest BCUT2D eigenvalue weighted by atomic mass is 32.1. The number of aliphatic hydroxyl groups excluding tert-OH is 1. The van der Waals surface area contributed by atoms with Gasteiger partial charge in [-0.05, 0) is 40.0 Å². The molecular weight excluding hydrogens is 288 g/mol. The van der Waals surface area contributed by atoms with Crippen LogP contribution in [0, 0.1) is 5.92 Å². The van der Waals surface area contributed by atoms with Crippen LogP contribution in [0.2, 0.25) is 0 Å². The lowest BCUT2D eigenvalue weighted by molar-refractivity contribution is -0.169. The maximum absolute atomic E-state index is 11.0. The SMILES string of the molecule is COC1C(O)CCC(O)(CS)C1C1(C)OC1CC=C(C)C. The third kappa shape index (κ3) is 3.17. The van der Waals surface area contributed by atoms with Gasteiger partial charge in [0, 0.05) is 18.8 Å². The Labute approximate surface area is 132 Å². The van der Waals surface area contributed by atoms with Crippen molar-refractivity contribution in [3.63, 3.8) is 0 Å². The van der Waals surface area contributed by atoms with Gasteiger partial charge in [0.25, 0.3) is 0 Å². The molecule has 1 heterocycles. The Kier molecular flexibility index (Phi) is 5.11. The minimum Gasteiger partial charge on any atom is -0.390 e. The van der Waals surface area contributed by atoms with Gasteiger partial charge in [-0.3, -0.25) is 0 Å². The van der Waals surface area contributed by atoms with E-state index in [1.54, 1.807) is 7.11 Å². The molecule has 1 saturated heterocycles. The van der Waals surface area contributed by atoms with Crippen molar-refractivity contribution in [1.29, 1.82) is 0 Å². The minimum atomic E-state index is -0.961. The molecule has 5 heteroatoms. The first-order valence-corrected chi connectivity index (χ1v) is 8.27. The van der Waals surface area contributed by atoms with Crippen molar-refractivity contribution in [1.82, 2.24) is 0 Å². The Morgan fingerprint density at radius 3 is 2.67 bits per heavy atom. The van der Waals surface area contributed by atoms with Gasteiger partial charge in [-0.25, -0.2) is 0 Å². The summed E-state index contributed by atoms with van der Waals surface area (Å²) < 4.78 is 11.5. The van der Waals surface area contributed by atoms with E-state index in [0.717, 1.165) is 6.42 Å². The van der Waals surface area contributed by atoms with Crippen molar-refractivity contribution in [3.05, 3.63) is 11.6 Å². The molecule has 0 aromatic carbocycles. The number of thiol groups is 1. The molecular formula is C16H28O4S. The van der Waals surface area contributed by atoms with Crippen molar-refractivity contribution in [2.75, 3.05) is 12.9 Å². The Morgan fingerprint density at radius 2 is 2.14 bits per heavy atom. The van der Waals surface area contributed by atoms with Gasteiger partial charge < -0.3 is 19.7 Å². The molecule has 2 N–H and O–H groups in total. The highest BCUT2D eigenvalue weighted by Gasteiger charge is 2.66. The molecule has 21 heavy (non-hydrogen) atoms. The average molecular weight is 316 g/mol. The number of methoxy groups -OCH3 is 1. The van der Waals surface area contributed by atoms with Crippen molar-refractivity contribution >= 4 is 12.6 Å². The zero-order valence-electron chi connectivity index (χ0n) is 13.4. The molecule has 0 aromatic rings. The van der Waals surface area contributed by atoms with Crippen LogP contribution in [0.25, 0.3) is 0 Å². The van der Waals surface area contributed by atoms with Crippen LogP contribution in [0.15, 0.2) is 11.6 Å². The van der Waals surface area contributed by atoms with Gasteiger partial charge in [0.15, 0.2) is 0 Å². The molecule has 0 aromatic heterocycles. The molecule has 2 fully saturated rings. The van der Waals surface area contributed by atoms with Gasteiger partial charge in [0.1, 0.15) is 5.60 Å². The average Bonchev–Trinajstić information content (AvgIpc) is 3.10. The van der Waals surface area contributed by atoms with Gasteiger partial charge in [0.2, 0.25) is 0 Å². The molecule has 0 amide bonds. The summed E-state index contributed by atoms with van der Waals surface area (Å²) in [6.07, 6.45) is 3.10. The molecule has 0 radical (unpaired) electrons. The lowest BCUT2D eigenvalue weighted by Gasteiger charge is -2.47. The topological polar surface area (TPSA) is 62.2 Å². The number of aliphatic hydroxyl groups is 2. The van der Waals surface area contributed by atoms with E-state index in [1.807, 2.05) is 6.92 Å². The highest BCUT2D eigenvalue weighted by molar-refractivity contribution is 7.80. The van der Waals surface area contributed by atoms with Crippen LogP contribution in [-0.4, -0.2) is 52.6 Å². The van der Waals surface area contributed by atoms with Gasteiger partial charge in [-0.2, -0.15) is 12.6 Å². The summed E-state index contributed by atoms with van der Waals surface area (Å²) in [6.45, 7) is 6.14. The summed E-state index contributed by atoms with van der Waals surface area (Å²) >= 11 is 4.34. The highest BCUT2D eigenvalue weighted by Crippen LogP contribution is 2.54. The fourth-order valence-corrected chi connectivity index (χ4v) is 4.10. The zero-order valence-corrected chi connectivity index (χ0v) is 14.3. The predicted octanol–water partition coefficient (Wildman–Crippen LogP) is 1.95. The lowest BCUT2D eigenvalue weighted by Crippen LogP contribution is -2.60. The summed E-state index contributed by atoms with van der Waals surface area (Å²) in [7, 11) is 1.59. The summed E-state index contributed by atoms with van der Waals surface area (Å²) in [5.41, 5.74) is -0.174. The first-order chi connectivity index (χ1) is 9.78. The molecule has 1 aliphatic carbocycles. The molecule has 122 valence electrons. The quantitative estimate of drug-likeness (QED) is 0.412. The number of rotatable bonds is 5. The van der Waals surface area contributed by atoms with Gasteiger partial charge in [-0.1, -0.05) is 11.6 Å². The number of hydrogen-bond donors (Lipinski definition) is 3. The molecule has 1 saturated carbocycles. The fraction of sp³-hybridized carbons (Fsp3) is 0.875. The molecule has 0 bridgehead atoms. The third-order valence-corrected chi connectivity index (χ3v) is 5.59. The van der Waals surface area contributed by atoms with Gasteiger partial charge >= 0.3 is 0 Å². The van der Waals surface area contributed by atoms with Crippen LogP contribution in [0.1, 0.15) is 40.0 Å². The first kappa shape index (κ1) is 17.3. The van der Waals surface area contributed by atoms with E-state index in [0.29, 0.717) is 18.6 Å². The van der Waals surface area contributed by atoms with Crippen LogP contribution in [0.4, 0.5) is 0 Å². The van der Waals surface area contributed by atoms with E-state index < -0.39 is 23.4 Å². The normalized spacial score (nSPS) is 46.2. The van der Waals surface area contributed by atoms with Crippen molar-refractivity contribution < 1.29 is 19.7 Å². The van der Waals surface area contributed by atoms with Gasteiger partial charge in [-0.15, -0.1) is 0 Å². The smallest absolute Gasteiger partial charge is 0.100 e. The zero-order chi connectivity index (χ0) is 15.8.